The summed E-state index contributed by atoms with van der Waals surface area (Å²) in [7, 11) is 7.35. The summed E-state index contributed by atoms with van der Waals surface area (Å²) < 4.78 is 16.8. The van der Waals surface area contributed by atoms with Crippen LogP contribution in [-0.4, -0.2) is 81.8 Å². The quantitative estimate of drug-likeness (QED) is 0.122. The number of hydrogen-bond donors (Lipinski definition) is 2. The number of nitrogens with zero attached hydrogens (tertiary/aromatic N) is 4. The Balaban J connectivity index is 1.38. The minimum atomic E-state index is 0.507. The van der Waals surface area contributed by atoms with Crippen LogP contribution in [0.4, 0.5) is 0 Å². The largest absolute Gasteiger partial charge is 0.493 e. The second-order valence-electron chi connectivity index (χ2n) is 8.55. The molecule has 2 aromatic rings. The number of thioether (sulfide) groups is 2. The van der Waals surface area contributed by atoms with E-state index in [2.05, 4.69) is 26.6 Å². The van der Waals surface area contributed by atoms with Crippen molar-refractivity contribution >= 4 is 35.2 Å². The molecule has 0 saturated heterocycles. The maximum Gasteiger partial charge on any atom is 0.204 e. The Morgan fingerprint density at radius 1 is 1.14 bits per heavy atom. The van der Waals surface area contributed by atoms with Gasteiger partial charge < -0.3 is 24.1 Å². The van der Waals surface area contributed by atoms with E-state index < -0.39 is 0 Å². The maximum absolute atomic E-state index is 9.06. The molecule has 2 N–H and O–H groups in total. The number of fused-ring (bicyclic) bond motifs is 1. The third-order valence-corrected chi connectivity index (χ3v) is 7.43. The van der Waals surface area contributed by atoms with Crippen LogP contribution < -0.4 is 20.1 Å². The molecule has 0 unspecified atom stereocenters. The van der Waals surface area contributed by atoms with Crippen molar-refractivity contribution in [3.63, 3.8) is 0 Å². The molecule has 0 amide bonds. The lowest BCUT2D eigenvalue weighted by Gasteiger charge is -2.19. The normalized spacial score (nSPS) is 13.1. The summed E-state index contributed by atoms with van der Waals surface area (Å²) in [4.78, 5) is 11.3. The van der Waals surface area contributed by atoms with Crippen LogP contribution in [-0.2, 0) is 18.7 Å². The highest BCUT2D eigenvalue weighted by Crippen LogP contribution is 2.33. The first-order chi connectivity index (χ1) is 18.0. The van der Waals surface area contributed by atoms with Crippen molar-refractivity contribution in [2.75, 3.05) is 65.2 Å². The van der Waals surface area contributed by atoms with Gasteiger partial charge in [0, 0.05) is 35.9 Å². The molecular weight excluding hydrogens is 508 g/mol. The van der Waals surface area contributed by atoms with Gasteiger partial charge in [0.15, 0.2) is 17.7 Å². The van der Waals surface area contributed by atoms with Crippen molar-refractivity contribution in [1.29, 1.82) is 5.26 Å². The highest BCUT2D eigenvalue weighted by Gasteiger charge is 2.18. The van der Waals surface area contributed by atoms with E-state index in [1.165, 1.54) is 5.56 Å². The van der Waals surface area contributed by atoms with Gasteiger partial charge in [-0.2, -0.15) is 28.8 Å². The van der Waals surface area contributed by atoms with Crippen molar-refractivity contribution in [2.45, 2.75) is 18.7 Å². The van der Waals surface area contributed by atoms with Crippen molar-refractivity contribution in [2.24, 2.45) is 9.98 Å². The molecular formula is C26H36N6O3S2. The molecule has 1 aromatic carbocycles. The lowest BCUT2D eigenvalue weighted by Crippen LogP contribution is -2.36. The van der Waals surface area contributed by atoms with Gasteiger partial charge in [-0.05, 0) is 50.3 Å². The van der Waals surface area contributed by atoms with Crippen LogP contribution in [0, 0.1) is 11.5 Å². The van der Waals surface area contributed by atoms with E-state index in [9.17, 15) is 0 Å². The first-order valence-corrected chi connectivity index (χ1v) is 14.4. The Bertz CT molecular complexity index is 1110. The number of nitrogens with one attached hydrogen (secondary N) is 2. The molecule has 2 heterocycles. The fourth-order valence-electron chi connectivity index (χ4n) is 3.81. The molecule has 0 fully saturated rings. The monoisotopic (exact) mass is 544 g/mol. The van der Waals surface area contributed by atoms with E-state index in [1.807, 2.05) is 38.5 Å². The Hall–Kier alpha value is -2.81. The maximum atomic E-state index is 9.06. The molecule has 11 heteroatoms. The number of nitriles is 1. The molecule has 0 spiro atoms. The first-order valence-electron chi connectivity index (χ1n) is 12.1. The molecule has 200 valence electrons. The Kier molecular flexibility index (Phi) is 12.0. The van der Waals surface area contributed by atoms with Gasteiger partial charge in [-0.15, -0.1) is 0 Å². The summed E-state index contributed by atoms with van der Waals surface area (Å²) >= 11 is 3.55. The number of aliphatic imine (C=N–C) groups is 2. The fourth-order valence-corrected chi connectivity index (χ4v) is 5.36. The van der Waals surface area contributed by atoms with Crippen molar-refractivity contribution in [1.82, 2.24) is 15.5 Å². The summed E-state index contributed by atoms with van der Waals surface area (Å²) in [5.74, 6) is 7.24. The van der Waals surface area contributed by atoms with Gasteiger partial charge in [0.2, 0.25) is 5.96 Å². The zero-order chi connectivity index (χ0) is 26.5. The Morgan fingerprint density at radius 2 is 1.89 bits per heavy atom. The number of hydrogen-bond acceptors (Lipinski definition) is 9. The van der Waals surface area contributed by atoms with Crippen LogP contribution in [0.25, 0.3) is 0 Å². The second kappa shape index (κ2) is 15.4. The van der Waals surface area contributed by atoms with Crippen LogP contribution in [0.5, 0.6) is 11.5 Å². The Morgan fingerprint density at radius 3 is 2.65 bits per heavy atom. The molecule has 0 saturated carbocycles. The van der Waals surface area contributed by atoms with Gasteiger partial charge in [0.25, 0.3) is 0 Å². The van der Waals surface area contributed by atoms with Crippen LogP contribution in [0.2, 0.25) is 0 Å². The Labute approximate surface area is 228 Å². The molecule has 3 rings (SSSR count). The molecule has 0 radical (unpaired) electrons. The molecule has 0 bridgehead atoms. The van der Waals surface area contributed by atoms with E-state index in [4.69, 9.17) is 24.1 Å². The predicted octanol–water partition coefficient (Wildman–Crippen LogP) is 3.39. The van der Waals surface area contributed by atoms with E-state index in [0.717, 1.165) is 76.8 Å². The summed E-state index contributed by atoms with van der Waals surface area (Å²) in [6.45, 7) is 2.89. The van der Waals surface area contributed by atoms with E-state index in [0.29, 0.717) is 19.0 Å². The van der Waals surface area contributed by atoms with Crippen LogP contribution >= 0.6 is 23.5 Å². The summed E-state index contributed by atoms with van der Waals surface area (Å²) in [6.07, 6.45) is 2.86. The second-order valence-corrected chi connectivity index (χ2v) is 10.8. The minimum absolute atomic E-state index is 0.507. The molecule has 1 aliphatic rings. The van der Waals surface area contributed by atoms with E-state index in [-0.39, 0.29) is 0 Å². The lowest BCUT2D eigenvalue weighted by atomic mass is 9.97. The van der Waals surface area contributed by atoms with E-state index in [1.54, 1.807) is 37.7 Å². The third kappa shape index (κ3) is 9.22. The van der Waals surface area contributed by atoms with Crippen LogP contribution in [0.15, 0.2) is 38.7 Å². The predicted molar refractivity (Wildman–Crippen MR) is 153 cm³/mol. The molecule has 9 nitrogen and oxygen atoms in total. The summed E-state index contributed by atoms with van der Waals surface area (Å²) in [6, 6.07) is 8.14. The lowest BCUT2D eigenvalue weighted by molar-refractivity contribution is 0.344. The SMILES string of the molecule is COc1cc2c(cc1OC)C(CSCCNC(=NCCSCc1ccc(CN(C)C)o1)NC#N)=NCC2. The van der Waals surface area contributed by atoms with Gasteiger partial charge in [0.1, 0.15) is 11.5 Å². The number of furan rings is 1. The van der Waals surface area contributed by atoms with Crippen molar-refractivity contribution in [3.05, 3.63) is 46.9 Å². The summed E-state index contributed by atoms with van der Waals surface area (Å²) in [5, 5.41) is 14.9. The third-order valence-electron chi connectivity index (χ3n) is 5.50. The first kappa shape index (κ1) is 28.8. The van der Waals surface area contributed by atoms with Crippen LogP contribution in [0.1, 0.15) is 22.6 Å². The standard InChI is InChI=1S/C26H36N6O3S2/c1-32(2)15-20-5-6-21(35-20)16-36-11-9-29-26(31-18-27)30-10-12-37-17-23-22-14-25(34-4)24(33-3)13-19(22)7-8-28-23/h5-6,13-14H,7-12,15-17H2,1-4H3,(H2,29,30,31). The van der Waals surface area contributed by atoms with Gasteiger partial charge >= 0.3 is 0 Å². The number of ether oxygens (including phenoxy) is 2. The van der Waals surface area contributed by atoms with Crippen molar-refractivity contribution < 1.29 is 13.9 Å². The number of methoxy groups -OCH3 is 2. The molecule has 0 atom stereocenters. The molecule has 37 heavy (non-hydrogen) atoms. The zero-order valence-corrected chi connectivity index (χ0v) is 23.6. The van der Waals surface area contributed by atoms with Gasteiger partial charge in [-0.1, -0.05) is 0 Å². The number of guanidine groups is 1. The summed E-state index contributed by atoms with van der Waals surface area (Å²) in [5.41, 5.74) is 3.46. The zero-order valence-electron chi connectivity index (χ0n) is 22.0. The van der Waals surface area contributed by atoms with Crippen LogP contribution in [0.3, 0.4) is 0 Å². The average Bonchev–Trinajstić information content (AvgIpc) is 3.33. The van der Waals surface area contributed by atoms with Gasteiger partial charge in [-0.3, -0.25) is 15.3 Å². The number of rotatable bonds is 14. The molecule has 0 aliphatic carbocycles. The topological polar surface area (TPSA) is 107 Å². The number of benzene rings is 1. The average molecular weight is 545 g/mol. The minimum Gasteiger partial charge on any atom is -0.493 e. The van der Waals surface area contributed by atoms with Gasteiger partial charge in [-0.25, -0.2) is 0 Å². The van der Waals surface area contributed by atoms with Gasteiger partial charge in [0.05, 0.1) is 38.8 Å². The smallest absolute Gasteiger partial charge is 0.204 e. The molecule has 1 aromatic heterocycles. The fraction of sp³-hybridized carbons (Fsp3) is 0.500. The highest BCUT2D eigenvalue weighted by molar-refractivity contribution is 8.00. The van der Waals surface area contributed by atoms with E-state index >= 15 is 0 Å². The molecule has 1 aliphatic heterocycles. The van der Waals surface area contributed by atoms with Crippen molar-refractivity contribution in [3.8, 4) is 17.7 Å². The highest BCUT2D eigenvalue weighted by atomic mass is 32.2.